The molecular formula is C24H30N2O2S. The molecule has 1 aliphatic carbocycles. The van der Waals surface area contributed by atoms with Crippen LogP contribution in [0.15, 0.2) is 41.8 Å². The first-order chi connectivity index (χ1) is 14.1. The van der Waals surface area contributed by atoms with E-state index in [1.54, 1.807) is 18.0 Å². The molecule has 29 heavy (non-hydrogen) atoms. The van der Waals surface area contributed by atoms with E-state index in [-0.39, 0.29) is 6.42 Å². The van der Waals surface area contributed by atoms with Crippen molar-refractivity contribution in [1.29, 1.82) is 0 Å². The van der Waals surface area contributed by atoms with Crippen molar-refractivity contribution < 1.29 is 9.90 Å². The molecule has 154 valence electrons. The number of aromatic amines is 1. The average molecular weight is 411 g/mol. The number of carboxylic acids is 1. The van der Waals surface area contributed by atoms with E-state index in [1.807, 2.05) is 24.3 Å². The van der Waals surface area contributed by atoms with Gasteiger partial charge in [-0.3, -0.25) is 9.52 Å². The van der Waals surface area contributed by atoms with Crippen LogP contribution in [0.4, 0.5) is 0 Å². The fourth-order valence-electron chi connectivity index (χ4n) is 3.83. The molecule has 3 rings (SSSR count). The summed E-state index contributed by atoms with van der Waals surface area (Å²) in [7, 11) is 0. The zero-order valence-electron chi connectivity index (χ0n) is 17.0. The number of benzene rings is 1. The van der Waals surface area contributed by atoms with Gasteiger partial charge in [0, 0.05) is 22.2 Å². The molecule has 1 aromatic carbocycles. The monoisotopic (exact) mass is 410 g/mol. The molecule has 0 saturated heterocycles. The lowest BCUT2D eigenvalue weighted by Gasteiger charge is -2.22. The molecule has 4 nitrogen and oxygen atoms in total. The van der Waals surface area contributed by atoms with Crippen LogP contribution in [0.2, 0.25) is 0 Å². The molecule has 1 fully saturated rings. The summed E-state index contributed by atoms with van der Waals surface area (Å²) in [5, 5.41) is 9.48. The minimum atomic E-state index is -0.837. The second-order valence-electron chi connectivity index (χ2n) is 7.47. The van der Waals surface area contributed by atoms with E-state index in [0.29, 0.717) is 6.04 Å². The Balaban J connectivity index is 1.90. The van der Waals surface area contributed by atoms with Gasteiger partial charge >= 0.3 is 5.97 Å². The van der Waals surface area contributed by atoms with E-state index >= 15 is 0 Å². The number of rotatable bonds is 9. The number of allylic oxidation sites excluding steroid dienone is 1. The van der Waals surface area contributed by atoms with Gasteiger partial charge < -0.3 is 10.1 Å². The lowest BCUT2D eigenvalue weighted by Crippen LogP contribution is -2.25. The van der Waals surface area contributed by atoms with Crippen LogP contribution in [-0.4, -0.2) is 22.1 Å². The third-order valence-corrected chi connectivity index (χ3v) is 6.24. The Labute approximate surface area is 177 Å². The molecule has 0 radical (unpaired) electrons. The van der Waals surface area contributed by atoms with Gasteiger partial charge in [-0.05, 0) is 60.5 Å². The maximum absolute atomic E-state index is 11.5. The molecule has 5 heteroatoms. The second-order valence-corrected chi connectivity index (χ2v) is 8.39. The second kappa shape index (κ2) is 10.5. The molecule has 1 saturated carbocycles. The number of hydrogen-bond acceptors (Lipinski definition) is 3. The van der Waals surface area contributed by atoms with Gasteiger partial charge in [0.05, 0.1) is 12.1 Å². The topological polar surface area (TPSA) is 65.1 Å². The summed E-state index contributed by atoms with van der Waals surface area (Å²) >= 11 is 1.67. The van der Waals surface area contributed by atoms with E-state index in [9.17, 15) is 9.90 Å². The minimum absolute atomic E-state index is 0.0270. The van der Waals surface area contributed by atoms with E-state index in [0.717, 1.165) is 39.4 Å². The minimum Gasteiger partial charge on any atom is -0.481 e. The van der Waals surface area contributed by atoms with Gasteiger partial charge in [0.15, 0.2) is 0 Å². The molecule has 3 N–H and O–H groups in total. The standard InChI is InChI=1S/C24H30N2O2S/c1-3-5-14-20-21(16-23(27)28)24(25-22(20)4-2)17-10-9-13-19(15-17)29-26-18-11-7-6-8-12-18/h4-5,9-10,13-15,18,25-26H,2-3,6-8,11-12,16H2,1H3,(H,27,28)/b14-5-. The third kappa shape index (κ3) is 5.64. The molecule has 0 spiro atoms. The summed E-state index contributed by atoms with van der Waals surface area (Å²) in [5.74, 6) is -0.837. The number of hydrogen-bond donors (Lipinski definition) is 3. The van der Waals surface area contributed by atoms with Crippen molar-refractivity contribution in [3.8, 4) is 11.3 Å². The highest BCUT2D eigenvalue weighted by molar-refractivity contribution is 7.97. The number of carboxylic acid groups (broad SMARTS) is 1. The Hall–Kier alpha value is -2.24. The average Bonchev–Trinajstić information content (AvgIpc) is 3.08. The molecule has 1 aromatic heterocycles. The van der Waals surface area contributed by atoms with Crippen molar-refractivity contribution in [3.05, 3.63) is 53.7 Å². The number of aliphatic carboxylic acids is 1. The van der Waals surface area contributed by atoms with Crippen LogP contribution in [-0.2, 0) is 11.2 Å². The maximum atomic E-state index is 11.5. The van der Waals surface area contributed by atoms with Gasteiger partial charge in [0.2, 0.25) is 0 Å². The van der Waals surface area contributed by atoms with Crippen molar-refractivity contribution >= 4 is 30.1 Å². The van der Waals surface area contributed by atoms with Gasteiger partial charge in [-0.1, -0.05) is 57.0 Å². The van der Waals surface area contributed by atoms with Crippen molar-refractivity contribution in [2.24, 2.45) is 0 Å². The highest BCUT2D eigenvalue weighted by atomic mass is 32.2. The fraction of sp³-hybridized carbons (Fsp3) is 0.375. The highest BCUT2D eigenvalue weighted by Crippen LogP contribution is 2.33. The first-order valence-corrected chi connectivity index (χ1v) is 11.2. The zero-order valence-corrected chi connectivity index (χ0v) is 17.9. The fourth-order valence-corrected chi connectivity index (χ4v) is 4.70. The first-order valence-electron chi connectivity index (χ1n) is 10.4. The maximum Gasteiger partial charge on any atom is 0.307 e. The Morgan fingerprint density at radius 1 is 1.34 bits per heavy atom. The number of nitrogens with one attached hydrogen (secondary N) is 2. The summed E-state index contributed by atoms with van der Waals surface area (Å²) in [5.41, 5.74) is 4.44. The Bertz CT molecular complexity index is 879. The predicted molar refractivity (Wildman–Crippen MR) is 123 cm³/mol. The van der Waals surface area contributed by atoms with E-state index in [1.165, 1.54) is 32.1 Å². The van der Waals surface area contributed by atoms with Gasteiger partial charge in [-0.25, -0.2) is 0 Å². The number of H-pyrrole nitrogens is 1. The summed E-state index contributed by atoms with van der Waals surface area (Å²) in [4.78, 5) is 16.1. The normalized spacial score (nSPS) is 15.1. The number of aromatic nitrogens is 1. The van der Waals surface area contributed by atoms with Gasteiger partial charge in [-0.15, -0.1) is 0 Å². The molecule has 0 bridgehead atoms. The van der Waals surface area contributed by atoms with Gasteiger partial charge in [-0.2, -0.15) is 0 Å². The van der Waals surface area contributed by atoms with Crippen LogP contribution in [0.1, 0.15) is 62.3 Å². The molecule has 0 amide bonds. The summed E-state index contributed by atoms with van der Waals surface area (Å²) in [6.07, 6.45) is 13.1. The van der Waals surface area contributed by atoms with Gasteiger partial charge in [0.25, 0.3) is 0 Å². The van der Waals surface area contributed by atoms with Crippen LogP contribution in [0.3, 0.4) is 0 Å². The third-order valence-electron chi connectivity index (χ3n) is 5.30. The Morgan fingerprint density at radius 2 is 2.14 bits per heavy atom. The van der Waals surface area contributed by atoms with Crippen LogP contribution in [0, 0.1) is 0 Å². The predicted octanol–water partition coefficient (Wildman–Crippen LogP) is 6.30. The van der Waals surface area contributed by atoms with Crippen molar-refractivity contribution in [3.63, 3.8) is 0 Å². The van der Waals surface area contributed by atoms with Crippen molar-refractivity contribution in [2.45, 2.75) is 62.8 Å². The van der Waals surface area contributed by atoms with Crippen molar-refractivity contribution in [1.82, 2.24) is 9.71 Å². The zero-order chi connectivity index (χ0) is 20.6. The lowest BCUT2D eigenvalue weighted by molar-refractivity contribution is -0.136. The van der Waals surface area contributed by atoms with Crippen LogP contribution in [0.5, 0.6) is 0 Å². The molecule has 1 heterocycles. The first kappa shape index (κ1) is 21.5. The molecule has 0 aliphatic heterocycles. The van der Waals surface area contributed by atoms with Gasteiger partial charge in [0.1, 0.15) is 0 Å². The molecule has 0 unspecified atom stereocenters. The van der Waals surface area contributed by atoms with E-state index < -0.39 is 5.97 Å². The van der Waals surface area contributed by atoms with Crippen molar-refractivity contribution in [2.75, 3.05) is 0 Å². The SMILES string of the molecule is C=Cc1[nH]c(-c2cccc(SNC3CCCCC3)c2)c(CC(=O)O)c1/C=C\CC. The van der Waals surface area contributed by atoms with Crippen LogP contribution < -0.4 is 4.72 Å². The largest absolute Gasteiger partial charge is 0.481 e. The molecule has 2 aromatic rings. The van der Waals surface area contributed by atoms with E-state index in [4.69, 9.17) is 0 Å². The highest BCUT2D eigenvalue weighted by Gasteiger charge is 2.19. The van der Waals surface area contributed by atoms with E-state index in [2.05, 4.69) is 35.3 Å². The van der Waals surface area contributed by atoms with Crippen LogP contribution >= 0.6 is 11.9 Å². The Kier molecular flexibility index (Phi) is 7.78. The van der Waals surface area contributed by atoms with Crippen LogP contribution in [0.25, 0.3) is 23.4 Å². The summed E-state index contributed by atoms with van der Waals surface area (Å²) in [6.45, 7) is 5.96. The lowest BCUT2D eigenvalue weighted by atomic mass is 9.96. The molecule has 1 aliphatic rings. The smallest absolute Gasteiger partial charge is 0.307 e. The summed E-state index contributed by atoms with van der Waals surface area (Å²) in [6, 6.07) is 8.85. The number of carbonyl (C=O) groups is 1. The quantitative estimate of drug-likeness (QED) is 0.424. The molecular weight excluding hydrogens is 380 g/mol. The summed E-state index contributed by atoms with van der Waals surface area (Å²) < 4.78 is 3.60. The Morgan fingerprint density at radius 3 is 2.83 bits per heavy atom. The molecule has 0 atom stereocenters.